The van der Waals surface area contributed by atoms with Crippen molar-refractivity contribution in [1.29, 1.82) is 0 Å². The Hall–Kier alpha value is -3.83. The Labute approximate surface area is 225 Å². The molecule has 0 unspecified atom stereocenters. The number of ether oxygens (including phenoxy) is 1. The first-order valence-electron chi connectivity index (χ1n) is 11.4. The molecular formula is C28H22N6OPt. The summed E-state index contributed by atoms with van der Waals surface area (Å²) in [4.78, 5) is 4.04. The standard InChI is InChI=1S/C28H22N6O.Pt/c1-3-9-23(10-4-1)31-19-29-33(21-31)25-13-7-15-27(17-25)35-28-16-8-14-26(18-28)34-22-32(20-30-34)24-11-5-2-6-12-24;/h1-11,13-16,19-22,24H,12H2;/q-4;+4/t24-;/m1./s1. The molecule has 1 atom stereocenters. The molecule has 180 valence electrons. The van der Waals surface area contributed by atoms with Crippen molar-refractivity contribution in [3.8, 4) is 11.5 Å². The summed E-state index contributed by atoms with van der Waals surface area (Å²) in [5.41, 5.74) is 2.60. The summed E-state index contributed by atoms with van der Waals surface area (Å²) in [6.45, 7) is 3.87. The average Bonchev–Trinajstić information content (AvgIpc) is 3.61. The summed E-state index contributed by atoms with van der Waals surface area (Å²) >= 11 is 0. The van der Waals surface area contributed by atoms with E-state index in [0.29, 0.717) is 11.5 Å². The van der Waals surface area contributed by atoms with Crippen LogP contribution in [0.2, 0.25) is 0 Å². The van der Waals surface area contributed by atoms with Gasteiger partial charge in [-0.05, 0) is 18.6 Å². The SMILES string of the molecule is [Pt+4].[c-]1c(Oc2[c-]c(N3[CH-]N([C@@H]4C=CC=CC4)C=N3)ccc2)cccc1N1[CH-]N(c2ccccc2)C=N1. The van der Waals surface area contributed by atoms with Gasteiger partial charge in [0.1, 0.15) is 0 Å². The van der Waals surface area contributed by atoms with Gasteiger partial charge in [-0.1, -0.05) is 53.9 Å². The first-order valence-corrected chi connectivity index (χ1v) is 11.4. The predicted octanol–water partition coefficient (Wildman–Crippen LogP) is 5.54. The van der Waals surface area contributed by atoms with Crippen molar-refractivity contribution in [3.63, 3.8) is 0 Å². The Bertz CT molecular complexity index is 1310. The van der Waals surface area contributed by atoms with Gasteiger partial charge in [-0.3, -0.25) is 0 Å². The molecular weight excluding hydrogens is 631 g/mol. The molecule has 6 rings (SSSR count). The Morgan fingerprint density at radius 2 is 1.47 bits per heavy atom. The number of hydrogen-bond acceptors (Lipinski definition) is 7. The van der Waals surface area contributed by atoms with Crippen molar-refractivity contribution in [1.82, 2.24) is 4.90 Å². The van der Waals surface area contributed by atoms with Gasteiger partial charge in [0.15, 0.2) is 0 Å². The summed E-state index contributed by atoms with van der Waals surface area (Å²) in [6, 6.07) is 28.4. The second kappa shape index (κ2) is 10.8. The molecule has 2 heterocycles. The average molecular weight is 654 g/mol. The molecule has 7 nitrogen and oxygen atoms in total. The molecule has 3 aromatic rings. The summed E-state index contributed by atoms with van der Waals surface area (Å²) in [5, 5.41) is 12.5. The summed E-state index contributed by atoms with van der Waals surface area (Å²) in [5.74, 6) is 1.16. The third kappa shape index (κ3) is 5.21. The van der Waals surface area contributed by atoms with E-state index in [1.54, 1.807) is 16.4 Å². The van der Waals surface area contributed by atoms with E-state index in [9.17, 15) is 0 Å². The van der Waals surface area contributed by atoms with Gasteiger partial charge in [-0.15, -0.1) is 49.7 Å². The maximum atomic E-state index is 6.09. The van der Waals surface area contributed by atoms with E-state index in [0.717, 1.165) is 23.5 Å². The molecule has 0 saturated heterocycles. The number of hydrazone groups is 2. The van der Waals surface area contributed by atoms with Crippen LogP contribution in [-0.4, -0.2) is 23.6 Å². The molecule has 0 bridgehead atoms. The van der Waals surface area contributed by atoms with E-state index in [-0.39, 0.29) is 27.1 Å². The Kier molecular flexibility index (Phi) is 7.19. The fourth-order valence-corrected chi connectivity index (χ4v) is 3.91. The minimum Gasteiger partial charge on any atom is -0.509 e. The summed E-state index contributed by atoms with van der Waals surface area (Å²) in [6.07, 6.45) is 13.0. The topological polar surface area (TPSA) is 46.9 Å². The second-order valence-corrected chi connectivity index (χ2v) is 8.09. The third-order valence-electron chi connectivity index (χ3n) is 5.70. The largest absolute Gasteiger partial charge is 4.00 e. The number of rotatable bonds is 6. The molecule has 0 N–H and O–H groups in total. The van der Waals surface area contributed by atoms with Crippen LogP contribution in [-0.2, 0) is 21.1 Å². The maximum Gasteiger partial charge on any atom is 4.00 e. The molecule has 0 saturated carbocycles. The van der Waals surface area contributed by atoms with E-state index in [1.165, 1.54) is 0 Å². The summed E-state index contributed by atoms with van der Waals surface area (Å²) in [7, 11) is 0. The molecule has 1 aliphatic carbocycles. The van der Waals surface area contributed by atoms with Crippen LogP contribution in [0.25, 0.3) is 0 Å². The minimum absolute atomic E-state index is 0. The van der Waals surface area contributed by atoms with Gasteiger partial charge >= 0.3 is 21.1 Å². The van der Waals surface area contributed by atoms with E-state index in [1.807, 2.05) is 91.3 Å². The van der Waals surface area contributed by atoms with Crippen LogP contribution in [0.1, 0.15) is 6.42 Å². The zero-order valence-corrected chi connectivity index (χ0v) is 21.4. The molecule has 0 radical (unpaired) electrons. The summed E-state index contributed by atoms with van der Waals surface area (Å²) < 4.78 is 6.09. The van der Waals surface area contributed by atoms with Crippen LogP contribution in [0.4, 0.5) is 17.1 Å². The van der Waals surface area contributed by atoms with Gasteiger partial charge < -0.3 is 24.6 Å². The van der Waals surface area contributed by atoms with Gasteiger partial charge in [0.05, 0.1) is 12.7 Å². The van der Waals surface area contributed by atoms with Crippen molar-refractivity contribution >= 4 is 29.7 Å². The molecule has 0 amide bonds. The van der Waals surface area contributed by atoms with Crippen molar-refractivity contribution in [2.45, 2.75) is 12.5 Å². The van der Waals surface area contributed by atoms with Crippen molar-refractivity contribution in [2.24, 2.45) is 10.2 Å². The van der Waals surface area contributed by atoms with Crippen molar-refractivity contribution in [2.75, 3.05) is 14.9 Å². The van der Waals surface area contributed by atoms with E-state index < -0.39 is 0 Å². The van der Waals surface area contributed by atoms with E-state index >= 15 is 0 Å². The fraction of sp³-hybridized carbons (Fsp3) is 0.0714. The zero-order valence-electron chi connectivity index (χ0n) is 19.2. The molecule has 0 aromatic heterocycles. The Morgan fingerprint density at radius 1 is 0.778 bits per heavy atom. The van der Waals surface area contributed by atoms with Crippen molar-refractivity contribution in [3.05, 3.63) is 117 Å². The first kappa shape index (κ1) is 23.9. The predicted molar refractivity (Wildman–Crippen MR) is 139 cm³/mol. The van der Waals surface area contributed by atoms with Crippen LogP contribution in [0.5, 0.6) is 11.5 Å². The molecule has 2 aliphatic heterocycles. The van der Waals surface area contributed by atoms with Crippen LogP contribution in [0, 0.1) is 25.5 Å². The van der Waals surface area contributed by atoms with E-state index in [2.05, 4.69) is 51.5 Å². The van der Waals surface area contributed by atoms with Gasteiger partial charge in [0, 0.05) is 23.2 Å². The normalized spacial score (nSPS) is 18.2. The van der Waals surface area contributed by atoms with Gasteiger partial charge in [0.25, 0.3) is 0 Å². The smallest absolute Gasteiger partial charge is 0.509 e. The van der Waals surface area contributed by atoms with Crippen LogP contribution < -0.4 is 19.7 Å². The van der Waals surface area contributed by atoms with Gasteiger partial charge in [0.2, 0.25) is 0 Å². The molecule has 0 spiro atoms. The van der Waals surface area contributed by atoms with Gasteiger partial charge in [-0.25, -0.2) is 0 Å². The number of anilines is 3. The quantitative estimate of drug-likeness (QED) is 0.328. The van der Waals surface area contributed by atoms with Gasteiger partial charge in [-0.2, -0.15) is 22.3 Å². The van der Waals surface area contributed by atoms with Crippen LogP contribution in [0.3, 0.4) is 0 Å². The molecule has 0 fully saturated rings. The zero-order chi connectivity index (χ0) is 23.5. The van der Waals surface area contributed by atoms with Crippen molar-refractivity contribution < 1.29 is 25.8 Å². The molecule has 8 heteroatoms. The number of para-hydroxylation sites is 1. The number of benzene rings is 3. The third-order valence-corrected chi connectivity index (χ3v) is 5.70. The molecule has 3 aliphatic rings. The molecule has 3 aromatic carbocycles. The maximum absolute atomic E-state index is 6.09. The fourth-order valence-electron chi connectivity index (χ4n) is 3.91. The Morgan fingerprint density at radius 3 is 2.17 bits per heavy atom. The minimum atomic E-state index is 0. The second-order valence-electron chi connectivity index (χ2n) is 8.09. The number of nitrogens with zero attached hydrogens (tertiary/aromatic N) is 6. The number of hydrogen-bond donors (Lipinski definition) is 0. The number of allylic oxidation sites excluding steroid dienone is 2. The van der Waals surface area contributed by atoms with E-state index in [4.69, 9.17) is 4.74 Å². The first-order chi connectivity index (χ1) is 17.3. The van der Waals surface area contributed by atoms with Crippen LogP contribution in [0.15, 0.2) is 101 Å². The Balaban J connectivity index is 0.00000267. The monoisotopic (exact) mass is 653 g/mol. The van der Waals surface area contributed by atoms with Crippen LogP contribution >= 0.6 is 0 Å². The molecule has 36 heavy (non-hydrogen) atoms.